The van der Waals surface area contributed by atoms with Gasteiger partial charge in [-0.05, 0) is 103 Å². The third-order valence-corrected chi connectivity index (χ3v) is 15.1. The molecule has 0 fully saturated rings. The second kappa shape index (κ2) is 68.8. The molecule has 0 aliphatic carbocycles. The zero-order valence-electron chi connectivity index (χ0n) is 53.5. The van der Waals surface area contributed by atoms with Gasteiger partial charge in [0.25, 0.3) is 0 Å². The lowest BCUT2D eigenvalue weighted by Gasteiger charge is -2.18. The minimum atomic E-state index is -0.779. The number of ether oxygens (including phenoxy) is 3. The molecule has 0 aliphatic rings. The summed E-state index contributed by atoms with van der Waals surface area (Å²) in [5.74, 6) is -0.872. The monoisotopic (exact) mass is 1130 g/mol. The number of unbranched alkanes of at least 4 members (excludes halogenated alkanes) is 36. The van der Waals surface area contributed by atoms with E-state index in [1.165, 1.54) is 193 Å². The van der Waals surface area contributed by atoms with E-state index in [9.17, 15) is 14.4 Å². The van der Waals surface area contributed by atoms with Crippen LogP contribution >= 0.6 is 0 Å². The molecular weight excluding hydrogens is 997 g/mol. The SMILES string of the molecule is CC/C=C\C/C=C\C/C=C\C/C=C\C/C=C\C/C=C\C/C=C\CCCCCCCCCCCC(=O)OCC(COC(=O)CCCCCCCCCCC)OC(=O)CCCCCCCCCCCCC/C=C\CCCCCCCCCC. The fraction of sp³-hybridized carbons (Fsp3) is 0.747. The Morgan fingerprint density at radius 1 is 0.259 bits per heavy atom. The largest absolute Gasteiger partial charge is 0.462 e. The van der Waals surface area contributed by atoms with E-state index in [0.29, 0.717) is 19.3 Å². The highest BCUT2D eigenvalue weighted by atomic mass is 16.6. The summed E-state index contributed by atoms with van der Waals surface area (Å²) in [6, 6.07) is 0. The number of allylic oxidation sites excluding steroid dienone is 16. The minimum absolute atomic E-state index is 0.0759. The fourth-order valence-electron chi connectivity index (χ4n) is 9.89. The molecule has 0 N–H and O–H groups in total. The summed E-state index contributed by atoms with van der Waals surface area (Å²) in [4.78, 5) is 38.3. The van der Waals surface area contributed by atoms with Crippen LogP contribution in [0.15, 0.2) is 97.2 Å². The maximum absolute atomic E-state index is 12.9. The molecule has 0 aliphatic heterocycles. The fourth-order valence-corrected chi connectivity index (χ4v) is 9.89. The average Bonchev–Trinajstić information content (AvgIpc) is 3.47. The molecular formula is C75H130O6. The van der Waals surface area contributed by atoms with Gasteiger partial charge < -0.3 is 14.2 Å². The first-order valence-corrected chi connectivity index (χ1v) is 34.7. The van der Waals surface area contributed by atoms with Gasteiger partial charge in [-0.3, -0.25) is 14.4 Å². The molecule has 0 heterocycles. The normalized spacial score (nSPS) is 12.7. The Bertz CT molecular complexity index is 1580. The van der Waals surface area contributed by atoms with Crippen LogP contribution in [0.3, 0.4) is 0 Å². The lowest BCUT2D eigenvalue weighted by Crippen LogP contribution is -2.30. The number of esters is 3. The highest BCUT2D eigenvalue weighted by molar-refractivity contribution is 5.71. The van der Waals surface area contributed by atoms with Crippen molar-refractivity contribution in [1.82, 2.24) is 0 Å². The quantitative estimate of drug-likeness (QED) is 0.0261. The van der Waals surface area contributed by atoms with Crippen molar-refractivity contribution in [1.29, 1.82) is 0 Å². The molecule has 466 valence electrons. The lowest BCUT2D eigenvalue weighted by atomic mass is 10.0. The molecule has 0 saturated heterocycles. The van der Waals surface area contributed by atoms with Gasteiger partial charge in [-0.1, -0.05) is 317 Å². The van der Waals surface area contributed by atoms with Crippen molar-refractivity contribution in [3.05, 3.63) is 97.2 Å². The molecule has 0 spiro atoms. The summed E-state index contributed by atoms with van der Waals surface area (Å²) in [7, 11) is 0. The summed E-state index contributed by atoms with van der Waals surface area (Å²) < 4.78 is 16.9. The molecule has 0 radical (unpaired) electrons. The van der Waals surface area contributed by atoms with Crippen LogP contribution in [0.5, 0.6) is 0 Å². The van der Waals surface area contributed by atoms with Gasteiger partial charge in [0.15, 0.2) is 6.10 Å². The number of carbonyl (C=O) groups excluding carboxylic acids is 3. The second-order valence-electron chi connectivity index (χ2n) is 23.1. The molecule has 0 saturated carbocycles. The summed E-state index contributed by atoms with van der Waals surface area (Å²) >= 11 is 0. The van der Waals surface area contributed by atoms with Crippen molar-refractivity contribution in [3.8, 4) is 0 Å². The summed E-state index contributed by atoms with van der Waals surface area (Å²) in [6.45, 7) is 6.54. The Labute approximate surface area is 502 Å². The van der Waals surface area contributed by atoms with Crippen molar-refractivity contribution in [3.63, 3.8) is 0 Å². The van der Waals surface area contributed by atoms with Crippen molar-refractivity contribution >= 4 is 17.9 Å². The summed E-state index contributed by atoms with van der Waals surface area (Å²) in [6.07, 6.45) is 93.0. The molecule has 0 aromatic carbocycles. The van der Waals surface area contributed by atoms with E-state index in [4.69, 9.17) is 14.2 Å². The van der Waals surface area contributed by atoms with Gasteiger partial charge >= 0.3 is 17.9 Å². The third kappa shape index (κ3) is 67.0. The van der Waals surface area contributed by atoms with E-state index in [-0.39, 0.29) is 31.1 Å². The van der Waals surface area contributed by atoms with Gasteiger partial charge in [-0.2, -0.15) is 0 Å². The van der Waals surface area contributed by atoms with Gasteiger partial charge in [0.1, 0.15) is 13.2 Å². The van der Waals surface area contributed by atoms with Crippen molar-refractivity contribution in [2.45, 2.75) is 348 Å². The average molecular weight is 1130 g/mol. The highest BCUT2D eigenvalue weighted by Crippen LogP contribution is 2.17. The van der Waals surface area contributed by atoms with Crippen LogP contribution in [0, 0.1) is 0 Å². The van der Waals surface area contributed by atoms with E-state index >= 15 is 0 Å². The van der Waals surface area contributed by atoms with Crippen LogP contribution in [0.2, 0.25) is 0 Å². The molecule has 6 heteroatoms. The van der Waals surface area contributed by atoms with E-state index in [2.05, 4.69) is 118 Å². The van der Waals surface area contributed by atoms with E-state index in [0.717, 1.165) is 109 Å². The van der Waals surface area contributed by atoms with Crippen LogP contribution < -0.4 is 0 Å². The zero-order chi connectivity index (χ0) is 58.5. The Morgan fingerprint density at radius 2 is 0.481 bits per heavy atom. The van der Waals surface area contributed by atoms with E-state index in [1.54, 1.807) is 0 Å². The number of carbonyl (C=O) groups is 3. The third-order valence-electron chi connectivity index (χ3n) is 15.1. The Hall–Kier alpha value is -3.67. The first-order valence-electron chi connectivity index (χ1n) is 34.7. The Morgan fingerprint density at radius 3 is 0.765 bits per heavy atom. The van der Waals surface area contributed by atoms with E-state index in [1.807, 2.05) is 0 Å². The van der Waals surface area contributed by atoms with Gasteiger partial charge in [0, 0.05) is 19.3 Å². The standard InChI is InChI=1S/C75H130O6/c1-4-7-10-13-16-19-21-23-25-27-29-31-33-34-35-36-37-38-39-40-42-43-45-47-49-51-53-56-59-62-65-68-74(77)80-71-72(70-79-73(76)67-64-61-58-55-18-15-12-9-6-3)81-75(78)69-66-63-60-57-54-52-50-48-46-44-41-32-30-28-26-24-22-20-17-14-11-8-5-2/h7,10,16,19,23,25,28-31,34-35,37-38,40,42,72H,4-6,8-9,11-15,17-18,20-22,24,26-27,32-33,36,39,41,43-71H2,1-3H3/b10-7-,19-16-,25-23-,30-28-,31-29-,35-34-,38-37-,42-40-. The lowest BCUT2D eigenvalue weighted by molar-refractivity contribution is -0.167. The smallest absolute Gasteiger partial charge is 0.306 e. The van der Waals surface area contributed by atoms with Crippen LogP contribution in [-0.2, 0) is 28.6 Å². The summed E-state index contributed by atoms with van der Waals surface area (Å²) in [5, 5.41) is 0. The maximum Gasteiger partial charge on any atom is 0.306 e. The van der Waals surface area contributed by atoms with Crippen LogP contribution in [-0.4, -0.2) is 37.2 Å². The van der Waals surface area contributed by atoms with Crippen molar-refractivity contribution in [2.75, 3.05) is 13.2 Å². The first kappa shape index (κ1) is 77.3. The predicted octanol–water partition coefficient (Wildman–Crippen LogP) is 24.0. The molecule has 81 heavy (non-hydrogen) atoms. The Kier molecular flexibility index (Phi) is 65.7. The Balaban J connectivity index is 4.18. The van der Waals surface area contributed by atoms with Gasteiger partial charge in [0.2, 0.25) is 0 Å². The van der Waals surface area contributed by atoms with Gasteiger partial charge in [0.05, 0.1) is 0 Å². The number of hydrogen-bond acceptors (Lipinski definition) is 6. The second-order valence-corrected chi connectivity index (χ2v) is 23.1. The van der Waals surface area contributed by atoms with Crippen LogP contribution in [0.25, 0.3) is 0 Å². The van der Waals surface area contributed by atoms with Crippen molar-refractivity contribution < 1.29 is 28.6 Å². The van der Waals surface area contributed by atoms with Gasteiger partial charge in [-0.25, -0.2) is 0 Å². The zero-order valence-corrected chi connectivity index (χ0v) is 53.5. The van der Waals surface area contributed by atoms with E-state index < -0.39 is 6.10 Å². The molecule has 0 bridgehead atoms. The molecule has 0 aromatic heterocycles. The van der Waals surface area contributed by atoms with Crippen molar-refractivity contribution in [2.24, 2.45) is 0 Å². The highest BCUT2D eigenvalue weighted by Gasteiger charge is 2.19. The summed E-state index contributed by atoms with van der Waals surface area (Å²) in [5.41, 5.74) is 0. The van der Waals surface area contributed by atoms with Crippen LogP contribution in [0.1, 0.15) is 342 Å². The predicted molar refractivity (Wildman–Crippen MR) is 353 cm³/mol. The molecule has 0 amide bonds. The topological polar surface area (TPSA) is 78.9 Å². The first-order chi connectivity index (χ1) is 40.0. The number of hydrogen-bond donors (Lipinski definition) is 0. The van der Waals surface area contributed by atoms with Crippen LogP contribution in [0.4, 0.5) is 0 Å². The molecule has 1 unspecified atom stereocenters. The number of rotatable bonds is 63. The van der Waals surface area contributed by atoms with Gasteiger partial charge in [-0.15, -0.1) is 0 Å². The maximum atomic E-state index is 12.9. The molecule has 0 aromatic rings. The molecule has 1 atom stereocenters. The minimum Gasteiger partial charge on any atom is -0.462 e. The molecule has 0 rings (SSSR count). The molecule has 6 nitrogen and oxygen atoms in total.